The van der Waals surface area contributed by atoms with Crippen molar-refractivity contribution in [3.05, 3.63) is 12.2 Å². The Morgan fingerprint density at radius 3 is 3.06 bits per heavy atom. The molecule has 2 rings (SSSR count). The van der Waals surface area contributed by atoms with Crippen molar-refractivity contribution >= 4 is 0 Å². The van der Waals surface area contributed by atoms with Crippen LogP contribution in [0.4, 0.5) is 0 Å². The lowest BCUT2D eigenvalue weighted by Gasteiger charge is -2.32. The van der Waals surface area contributed by atoms with E-state index < -0.39 is 0 Å². The van der Waals surface area contributed by atoms with Crippen molar-refractivity contribution < 1.29 is 5.11 Å². The number of nitrogens with zero attached hydrogens (tertiary/aromatic N) is 4. The first-order valence-electron chi connectivity index (χ1n) is 6.95. The molecule has 2 heterocycles. The number of aliphatic hydroxyl groups is 1. The van der Waals surface area contributed by atoms with Crippen molar-refractivity contribution in [2.45, 2.75) is 45.1 Å². The van der Waals surface area contributed by atoms with Gasteiger partial charge in [0, 0.05) is 31.7 Å². The summed E-state index contributed by atoms with van der Waals surface area (Å²) in [5.74, 6) is 1.61. The zero-order valence-corrected chi connectivity index (χ0v) is 11.4. The van der Waals surface area contributed by atoms with Gasteiger partial charge in [-0.1, -0.05) is 0 Å². The molecule has 1 N–H and O–H groups in total. The van der Waals surface area contributed by atoms with Crippen LogP contribution < -0.4 is 0 Å². The van der Waals surface area contributed by atoms with Gasteiger partial charge in [0.2, 0.25) is 0 Å². The van der Waals surface area contributed by atoms with Crippen LogP contribution >= 0.6 is 0 Å². The third-order valence-electron chi connectivity index (χ3n) is 3.66. The van der Waals surface area contributed by atoms with Crippen LogP contribution in [0.15, 0.2) is 6.33 Å². The Morgan fingerprint density at radius 2 is 2.33 bits per heavy atom. The summed E-state index contributed by atoms with van der Waals surface area (Å²) in [6.45, 7) is 7.79. The fourth-order valence-electron chi connectivity index (χ4n) is 2.71. The second-order valence-corrected chi connectivity index (χ2v) is 5.41. The molecule has 0 spiro atoms. The molecule has 5 heteroatoms. The highest BCUT2D eigenvalue weighted by Crippen LogP contribution is 2.26. The van der Waals surface area contributed by atoms with Gasteiger partial charge in [0.05, 0.1) is 0 Å². The average molecular weight is 252 g/mol. The van der Waals surface area contributed by atoms with E-state index in [4.69, 9.17) is 5.11 Å². The van der Waals surface area contributed by atoms with Gasteiger partial charge in [0.25, 0.3) is 0 Å². The second kappa shape index (κ2) is 6.29. The third-order valence-corrected chi connectivity index (χ3v) is 3.66. The predicted octanol–water partition coefficient (Wildman–Crippen LogP) is 1.42. The zero-order valence-electron chi connectivity index (χ0n) is 11.4. The largest absolute Gasteiger partial charge is 0.396 e. The first-order valence-corrected chi connectivity index (χ1v) is 6.95. The van der Waals surface area contributed by atoms with Crippen LogP contribution in [-0.2, 0) is 0 Å². The Bertz CT molecular complexity index is 364. The van der Waals surface area contributed by atoms with Gasteiger partial charge in [0.15, 0.2) is 0 Å². The highest BCUT2D eigenvalue weighted by atomic mass is 16.3. The third kappa shape index (κ3) is 3.09. The molecule has 1 unspecified atom stereocenters. The molecule has 0 aromatic carbocycles. The average Bonchev–Trinajstić information content (AvgIpc) is 2.86. The molecule has 1 fully saturated rings. The summed E-state index contributed by atoms with van der Waals surface area (Å²) < 4.78 is 2.18. The minimum atomic E-state index is 0.281. The van der Waals surface area contributed by atoms with Gasteiger partial charge in [-0.25, -0.2) is 0 Å². The molecule has 102 valence electrons. The van der Waals surface area contributed by atoms with Gasteiger partial charge in [-0.15, -0.1) is 10.2 Å². The number of hydrogen-bond acceptors (Lipinski definition) is 4. The minimum absolute atomic E-state index is 0.281. The molecule has 1 saturated heterocycles. The quantitative estimate of drug-likeness (QED) is 0.861. The zero-order chi connectivity index (χ0) is 13.0. The van der Waals surface area contributed by atoms with E-state index in [0.29, 0.717) is 12.0 Å². The first kappa shape index (κ1) is 13.5. The summed E-state index contributed by atoms with van der Waals surface area (Å²) >= 11 is 0. The lowest BCUT2D eigenvalue weighted by Crippen LogP contribution is -2.36. The number of aliphatic hydroxyl groups excluding tert-OH is 1. The van der Waals surface area contributed by atoms with Crippen molar-refractivity contribution in [1.29, 1.82) is 0 Å². The molecule has 0 aliphatic carbocycles. The fourth-order valence-corrected chi connectivity index (χ4v) is 2.71. The highest BCUT2D eigenvalue weighted by Gasteiger charge is 2.25. The van der Waals surface area contributed by atoms with E-state index in [1.807, 2.05) is 6.33 Å². The van der Waals surface area contributed by atoms with Crippen molar-refractivity contribution in [3.8, 4) is 0 Å². The van der Waals surface area contributed by atoms with Gasteiger partial charge in [-0.2, -0.15) is 0 Å². The van der Waals surface area contributed by atoms with Gasteiger partial charge in [0.1, 0.15) is 12.2 Å². The summed E-state index contributed by atoms with van der Waals surface area (Å²) in [6, 6.07) is 0.419. The van der Waals surface area contributed by atoms with Gasteiger partial charge in [-0.3, -0.25) is 0 Å². The molecule has 1 aromatic rings. The number of piperidine rings is 1. The number of hydrogen-bond donors (Lipinski definition) is 1. The van der Waals surface area contributed by atoms with Gasteiger partial charge in [-0.05, 0) is 39.7 Å². The second-order valence-electron chi connectivity index (χ2n) is 5.41. The lowest BCUT2D eigenvalue weighted by atomic mass is 9.96. The molecule has 0 radical (unpaired) electrons. The van der Waals surface area contributed by atoms with Crippen molar-refractivity contribution in [3.63, 3.8) is 0 Å². The molecule has 18 heavy (non-hydrogen) atoms. The summed E-state index contributed by atoms with van der Waals surface area (Å²) in [4.78, 5) is 2.43. The number of likely N-dealkylation sites (tertiary alicyclic amines) is 1. The van der Waals surface area contributed by atoms with E-state index in [2.05, 4.69) is 33.5 Å². The van der Waals surface area contributed by atoms with E-state index in [1.165, 1.54) is 12.8 Å². The smallest absolute Gasteiger partial charge is 0.137 e. The van der Waals surface area contributed by atoms with Crippen LogP contribution in [0.5, 0.6) is 0 Å². The topological polar surface area (TPSA) is 54.2 Å². The molecule has 1 aliphatic rings. The first-order chi connectivity index (χ1) is 8.72. The minimum Gasteiger partial charge on any atom is -0.396 e. The summed E-state index contributed by atoms with van der Waals surface area (Å²) in [5, 5.41) is 17.3. The maximum Gasteiger partial charge on any atom is 0.137 e. The van der Waals surface area contributed by atoms with Crippen LogP contribution in [0.3, 0.4) is 0 Å². The Hall–Kier alpha value is -0.940. The van der Waals surface area contributed by atoms with Gasteiger partial charge < -0.3 is 14.6 Å². The van der Waals surface area contributed by atoms with Crippen molar-refractivity contribution in [1.82, 2.24) is 19.7 Å². The predicted molar refractivity (Wildman–Crippen MR) is 70.5 cm³/mol. The standard InChI is InChI=1S/C13H24N4O/c1-11(2)17-10-14-15-13(17)12-5-3-6-16(9-12)7-4-8-18/h10-12,18H,3-9H2,1-2H3. The van der Waals surface area contributed by atoms with Crippen molar-refractivity contribution in [2.24, 2.45) is 0 Å². The van der Waals surface area contributed by atoms with Crippen LogP contribution in [0, 0.1) is 0 Å². The Labute approximate surface area is 109 Å². The van der Waals surface area contributed by atoms with Gasteiger partial charge >= 0.3 is 0 Å². The van der Waals surface area contributed by atoms with Crippen LogP contribution in [0.2, 0.25) is 0 Å². The highest BCUT2D eigenvalue weighted by molar-refractivity contribution is 5.00. The normalized spacial score (nSPS) is 21.7. The summed E-state index contributed by atoms with van der Waals surface area (Å²) in [7, 11) is 0. The van der Waals surface area contributed by atoms with Crippen LogP contribution in [0.1, 0.15) is 50.9 Å². The Balaban J connectivity index is 2.01. The molecule has 1 aliphatic heterocycles. The molecule has 1 atom stereocenters. The number of rotatable bonds is 5. The molecule has 0 saturated carbocycles. The van der Waals surface area contributed by atoms with Crippen molar-refractivity contribution in [2.75, 3.05) is 26.2 Å². The molecule has 5 nitrogen and oxygen atoms in total. The van der Waals surface area contributed by atoms with E-state index in [-0.39, 0.29) is 6.61 Å². The van der Waals surface area contributed by atoms with E-state index in [0.717, 1.165) is 31.9 Å². The van der Waals surface area contributed by atoms with E-state index in [1.54, 1.807) is 0 Å². The molecular formula is C13H24N4O. The molecule has 1 aromatic heterocycles. The Kier molecular flexibility index (Phi) is 4.72. The maximum atomic E-state index is 8.91. The Morgan fingerprint density at radius 1 is 1.50 bits per heavy atom. The SMILES string of the molecule is CC(C)n1cnnc1C1CCCN(CCCO)C1. The monoisotopic (exact) mass is 252 g/mol. The lowest BCUT2D eigenvalue weighted by molar-refractivity contribution is 0.179. The summed E-state index contributed by atoms with van der Waals surface area (Å²) in [6.07, 6.45) is 5.11. The fraction of sp³-hybridized carbons (Fsp3) is 0.846. The van der Waals surface area contributed by atoms with E-state index >= 15 is 0 Å². The van der Waals surface area contributed by atoms with Crippen LogP contribution in [0.25, 0.3) is 0 Å². The number of aromatic nitrogens is 3. The summed E-state index contributed by atoms with van der Waals surface area (Å²) in [5.41, 5.74) is 0. The van der Waals surface area contributed by atoms with E-state index in [9.17, 15) is 0 Å². The maximum absolute atomic E-state index is 8.91. The molecular weight excluding hydrogens is 228 g/mol. The molecule has 0 amide bonds. The molecule has 0 bridgehead atoms. The van der Waals surface area contributed by atoms with Crippen LogP contribution in [-0.4, -0.2) is 51.0 Å².